The molecule has 0 aliphatic heterocycles. The molecule has 20 heavy (non-hydrogen) atoms. The zero-order chi connectivity index (χ0) is 14.2. The van der Waals surface area contributed by atoms with E-state index in [2.05, 4.69) is 5.32 Å². The maximum Gasteiger partial charge on any atom is 0.258 e. The van der Waals surface area contributed by atoms with E-state index in [4.69, 9.17) is 10.5 Å². The summed E-state index contributed by atoms with van der Waals surface area (Å²) >= 11 is 0. The summed E-state index contributed by atoms with van der Waals surface area (Å²) in [7, 11) is 0. The highest BCUT2D eigenvalue weighted by molar-refractivity contribution is 5.77. The number of para-hydroxylation sites is 1. The van der Waals surface area contributed by atoms with E-state index >= 15 is 0 Å². The summed E-state index contributed by atoms with van der Waals surface area (Å²) in [6.07, 6.45) is 0. The third-order valence-corrected chi connectivity index (χ3v) is 2.83. The highest BCUT2D eigenvalue weighted by Gasteiger charge is 2.03. The summed E-state index contributed by atoms with van der Waals surface area (Å²) < 4.78 is 5.37. The van der Waals surface area contributed by atoms with Crippen LogP contribution in [0.2, 0.25) is 0 Å². The predicted octanol–water partition coefficient (Wildman–Crippen LogP) is 1.84. The minimum absolute atomic E-state index is 0.0145. The third-order valence-electron chi connectivity index (χ3n) is 2.83. The van der Waals surface area contributed by atoms with E-state index in [9.17, 15) is 4.79 Å². The number of amides is 1. The molecule has 2 aromatic carbocycles. The molecule has 0 aromatic heterocycles. The SMILES string of the molecule is NCc1cccc(CNC(=O)COc2ccccc2)c1. The van der Waals surface area contributed by atoms with E-state index in [0.717, 1.165) is 11.1 Å². The van der Waals surface area contributed by atoms with Crippen LogP contribution in [0.3, 0.4) is 0 Å². The fraction of sp³-hybridized carbons (Fsp3) is 0.188. The Hall–Kier alpha value is -2.33. The Balaban J connectivity index is 1.77. The molecule has 0 atom stereocenters. The average Bonchev–Trinajstić information content (AvgIpc) is 2.52. The molecule has 0 spiro atoms. The molecule has 0 heterocycles. The second kappa shape index (κ2) is 7.31. The molecule has 0 radical (unpaired) electrons. The second-order valence-electron chi connectivity index (χ2n) is 4.40. The first kappa shape index (κ1) is 14.1. The van der Waals surface area contributed by atoms with Crippen LogP contribution in [0.4, 0.5) is 0 Å². The van der Waals surface area contributed by atoms with Gasteiger partial charge in [-0.05, 0) is 23.3 Å². The Bertz CT molecular complexity index is 555. The number of carbonyl (C=O) groups is 1. The number of nitrogens with one attached hydrogen (secondary N) is 1. The minimum Gasteiger partial charge on any atom is -0.484 e. The van der Waals surface area contributed by atoms with Crippen LogP contribution < -0.4 is 15.8 Å². The molecule has 0 aliphatic rings. The molecule has 0 fully saturated rings. The quantitative estimate of drug-likeness (QED) is 0.842. The molecule has 0 aliphatic carbocycles. The van der Waals surface area contributed by atoms with Gasteiger partial charge in [0.2, 0.25) is 0 Å². The smallest absolute Gasteiger partial charge is 0.258 e. The second-order valence-corrected chi connectivity index (χ2v) is 4.40. The van der Waals surface area contributed by atoms with E-state index in [0.29, 0.717) is 18.8 Å². The molecule has 0 bridgehead atoms. The van der Waals surface area contributed by atoms with Crippen molar-refractivity contribution in [1.29, 1.82) is 0 Å². The molecular formula is C16H18N2O2. The van der Waals surface area contributed by atoms with Crippen LogP contribution in [-0.2, 0) is 17.9 Å². The van der Waals surface area contributed by atoms with Gasteiger partial charge in [-0.2, -0.15) is 0 Å². The highest BCUT2D eigenvalue weighted by atomic mass is 16.5. The summed E-state index contributed by atoms with van der Waals surface area (Å²) in [6, 6.07) is 17.1. The van der Waals surface area contributed by atoms with Gasteiger partial charge in [-0.1, -0.05) is 42.5 Å². The molecule has 0 unspecified atom stereocenters. The van der Waals surface area contributed by atoms with E-state index in [-0.39, 0.29) is 12.5 Å². The Labute approximate surface area is 118 Å². The molecule has 104 valence electrons. The minimum atomic E-state index is -0.146. The van der Waals surface area contributed by atoms with Gasteiger partial charge in [0, 0.05) is 13.1 Å². The first-order valence-corrected chi connectivity index (χ1v) is 6.50. The third kappa shape index (κ3) is 4.40. The molecule has 0 saturated carbocycles. The molecule has 2 rings (SSSR count). The number of hydrogen-bond acceptors (Lipinski definition) is 3. The van der Waals surface area contributed by atoms with Gasteiger partial charge in [0.05, 0.1) is 0 Å². The number of rotatable bonds is 6. The van der Waals surface area contributed by atoms with Crippen molar-refractivity contribution < 1.29 is 9.53 Å². The van der Waals surface area contributed by atoms with Crippen LogP contribution in [0.5, 0.6) is 5.75 Å². The van der Waals surface area contributed by atoms with Crippen molar-refractivity contribution >= 4 is 5.91 Å². The lowest BCUT2D eigenvalue weighted by molar-refractivity contribution is -0.123. The van der Waals surface area contributed by atoms with Gasteiger partial charge >= 0.3 is 0 Å². The van der Waals surface area contributed by atoms with Crippen molar-refractivity contribution in [1.82, 2.24) is 5.32 Å². The van der Waals surface area contributed by atoms with Crippen molar-refractivity contribution in [3.63, 3.8) is 0 Å². The number of ether oxygens (including phenoxy) is 1. The van der Waals surface area contributed by atoms with Crippen LogP contribution >= 0.6 is 0 Å². The van der Waals surface area contributed by atoms with Gasteiger partial charge in [-0.3, -0.25) is 4.79 Å². The zero-order valence-electron chi connectivity index (χ0n) is 11.2. The number of carbonyl (C=O) groups excluding carboxylic acids is 1. The monoisotopic (exact) mass is 270 g/mol. The number of hydrogen-bond donors (Lipinski definition) is 2. The van der Waals surface area contributed by atoms with E-state index in [1.165, 1.54) is 0 Å². The van der Waals surface area contributed by atoms with Crippen molar-refractivity contribution in [3.05, 3.63) is 65.7 Å². The predicted molar refractivity (Wildman–Crippen MR) is 78.1 cm³/mol. The topological polar surface area (TPSA) is 64.3 Å². The normalized spacial score (nSPS) is 10.1. The molecule has 1 amide bonds. The zero-order valence-corrected chi connectivity index (χ0v) is 11.2. The van der Waals surface area contributed by atoms with Crippen molar-refractivity contribution in [2.24, 2.45) is 5.73 Å². The van der Waals surface area contributed by atoms with Gasteiger partial charge in [0.25, 0.3) is 5.91 Å². The van der Waals surface area contributed by atoms with Gasteiger partial charge < -0.3 is 15.8 Å². The standard InChI is InChI=1S/C16H18N2O2/c17-10-13-5-4-6-14(9-13)11-18-16(19)12-20-15-7-2-1-3-8-15/h1-9H,10-12,17H2,(H,18,19). The van der Waals surface area contributed by atoms with E-state index in [1.807, 2.05) is 54.6 Å². The largest absolute Gasteiger partial charge is 0.484 e. The Kier molecular flexibility index (Phi) is 5.15. The summed E-state index contributed by atoms with van der Waals surface area (Å²) in [4.78, 5) is 11.7. The average molecular weight is 270 g/mol. The molecule has 3 N–H and O–H groups in total. The number of benzene rings is 2. The van der Waals surface area contributed by atoms with Gasteiger partial charge in [-0.15, -0.1) is 0 Å². The van der Waals surface area contributed by atoms with Crippen LogP contribution in [-0.4, -0.2) is 12.5 Å². The maximum absolute atomic E-state index is 11.7. The molecule has 2 aromatic rings. The summed E-state index contributed by atoms with van der Waals surface area (Å²) in [6.45, 7) is 0.990. The first-order valence-electron chi connectivity index (χ1n) is 6.50. The van der Waals surface area contributed by atoms with Gasteiger partial charge in [0.1, 0.15) is 5.75 Å². The first-order chi connectivity index (χ1) is 9.78. The van der Waals surface area contributed by atoms with Crippen molar-refractivity contribution in [2.45, 2.75) is 13.1 Å². The van der Waals surface area contributed by atoms with Crippen LogP contribution in [0.25, 0.3) is 0 Å². The van der Waals surface area contributed by atoms with Crippen LogP contribution in [0.15, 0.2) is 54.6 Å². The molecule has 4 nitrogen and oxygen atoms in total. The van der Waals surface area contributed by atoms with E-state index < -0.39 is 0 Å². The fourth-order valence-corrected chi connectivity index (χ4v) is 1.78. The van der Waals surface area contributed by atoms with Gasteiger partial charge in [0.15, 0.2) is 6.61 Å². The fourth-order valence-electron chi connectivity index (χ4n) is 1.78. The Morgan fingerprint density at radius 2 is 1.80 bits per heavy atom. The molecule has 0 saturated heterocycles. The van der Waals surface area contributed by atoms with Crippen LogP contribution in [0.1, 0.15) is 11.1 Å². The highest BCUT2D eigenvalue weighted by Crippen LogP contribution is 2.08. The summed E-state index contributed by atoms with van der Waals surface area (Å²) in [5, 5.41) is 2.82. The Morgan fingerprint density at radius 3 is 2.55 bits per heavy atom. The lowest BCUT2D eigenvalue weighted by atomic mass is 10.1. The number of nitrogens with two attached hydrogens (primary N) is 1. The maximum atomic E-state index is 11.7. The van der Waals surface area contributed by atoms with Crippen molar-refractivity contribution in [2.75, 3.05) is 6.61 Å². The lowest BCUT2D eigenvalue weighted by Gasteiger charge is -2.08. The molecule has 4 heteroatoms. The Morgan fingerprint density at radius 1 is 1.05 bits per heavy atom. The summed E-state index contributed by atoms with van der Waals surface area (Å²) in [5.74, 6) is 0.541. The van der Waals surface area contributed by atoms with Crippen LogP contribution in [0, 0.1) is 0 Å². The molecular weight excluding hydrogens is 252 g/mol. The van der Waals surface area contributed by atoms with Crippen molar-refractivity contribution in [3.8, 4) is 5.75 Å². The summed E-state index contributed by atoms with van der Waals surface area (Å²) in [5.41, 5.74) is 7.66. The lowest BCUT2D eigenvalue weighted by Crippen LogP contribution is -2.28. The van der Waals surface area contributed by atoms with Gasteiger partial charge in [-0.25, -0.2) is 0 Å². The van der Waals surface area contributed by atoms with E-state index in [1.54, 1.807) is 0 Å².